The van der Waals surface area contributed by atoms with Crippen molar-refractivity contribution in [1.29, 1.82) is 0 Å². The molecule has 0 saturated carbocycles. The standard InChI is InChI=1S/C21H24N4O5S2/c1-4-30-20(26)17-13(2)14(3)31-19(17)22-21(27)25-11-9-24(10-12-25)18-15-7-5-6-8-16(15)32(28,29)23-18/h5-8H,4,9-12H2,1-3H3,(H,22,27). The topological polar surface area (TPSA) is 108 Å². The van der Waals surface area contributed by atoms with Gasteiger partial charge in [0.25, 0.3) is 10.0 Å². The Morgan fingerprint density at radius 3 is 2.53 bits per heavy atom. The molecule has 0 radical (unpaired) electrons. The molecule has 2 amide bonds. The number of piperazine rings is 1. The second-order valence-electron chi connectivity index (χ2n) is 7.50. The van der Waals surface area contributed by atoms with E-state index in [4.69, 9.17) is 4.74 Å². The fourth-order valence-electron chi connectivity index (χ4n) is 3.78. The monoisotopic (exact) mass is 476 g/mol. The summed E-state index contributed by atoms with van der Waals surface area (Å²) in [5.41, 5.74) is 1.78. The van der Waals surface area contributed by atoms with Crippen LogP contribution in [0.2, 0.25) is 0 Å². The summed E-state index contributed by atoms with van der Waals surface area (Å²) in [6.07, 6.45) is 0. The van der Waals surface area contributed by atoms with Crippen LogP contribution in [-0.2, 0) is 14.8 Å². The number of nitrogens with one attached hydrogen (secondary N) is 1. The average Bonchev–Trinajstić information content (AvgIpc) is 3.21. The number of carbonyl (C=O) groups excluding carboxylic acids is 2. The van der Waals surface area contributed by atoms with Crippen molar-refractivity contribution < 1.29 is 22.7 Å². The van der Waals surface area contributed by atoms with Gasteiger partial charge >= 0.3 is 12.0 Å². The number of amides is 2. The summed E-state index contributed by atoms with van der Waals surface area (Å²) in [4.78, 5) is 29.9. The van der Waals surface area contributed by atoms with Crippen LogP contribution in [-0.4, -0.2) is 68.8 Å². The molecule has 1 N–H and O–H groups in total. The minimum Gasteiger partial charge on any atom is -0.462 e. The number of aryl methyl sites for hydroxylation is 1. The van der Waals surface area contributed by atoms with Crippen LogP contribution in [0.1, 0.15) is 33.3 Å². The van der Waals surface area contributed by atoms with Gasteiger partial charge in [-0.05, 0) is 38.5 Å². The van der Waals surface area contributed by atoms with Crippen molar-refractivity contribution in [3.05, 3.63) is 45.8 Å². The Hall–Kier alpha value is -2.92. The number of sulfonamides is 1. The van der Waals surface area contributed by atoms with Crippen molar-refractivity contribution in [1.82, 2.24) is 9.80 Å². The summed E-state index contributed by atoms with van der Waals surface area (Å²) in [6.45, 7) is 7.41. The lowest BCUT2D eigenvalue weighted by atomic mass is 10.1. The molecule has 1 aromatic carbocycles. The van der Waals surface area contributed by atoms with Gasteiger partial charge in [0.1, 0.15) is 9.90 Å². The number of hydrogen-bond donors (Lipinski definition) is 1. The summed E-state index contributed by atoms with van der Waals surface area (Å²) >= 11 is 1.34. The summed E-state index contributed by atoms with van der Waals surface area (Å²) < 4.78 is 33.7. The zero-order valence-corrected chi connectivity index (χ0v) is 19.7. The third-order valence-corrected chi connectivity index (χ3v) is 8.01. The number of amidine groups is 1. The second kappa shape index (κ2) is 8.55. The van der Waals surface area contributed by atoms with Gasteiger partial charge in [-0.15, -0.1) is 15.7 Å². The molecule has 0 atom stereocenters. The highest BCUT2D eigenvalue weighted by Gasteiger charge is 2.34. The highest BCUT2D eigenvalue weighted by molar-refractivity contribution is 7.90. The van der Waals surface area contributed by atoms with Crippen LogP contribution in [0.4, 0.5) is 9.80 Å². The van der Waals surface area contributed by atoms with Crippen molar-refractivity contribution >= 4 is 44.2 Å². The predicted molar refractivity (Wildman–Crippen MR) is 122 cm³/mol. The lowest BCUT2D eigenvalue weighted by molar-refractivity contribution is 0.0527. The number of anilines is 1. The number of fused-ring (bicyclic) bond motifs is 1. The average molecular weight is 477 g/mol. The van der Waals surface area contributed by atoms with E-state index >= 15 is 0 Å². The number of thiophene rings is 1. The van der Waals surface area contributed by atoms with Gasteiger partial charge in [0, 0.05) is 36.6 Å². The van der Waals surface area contributed by atoms with Gasteiger partial charge in [0.05, 0.1) is 12.2 Å². The van der Waals surface area contributed by atoms with Crippen LogP contribution in [0.5, 0.6) is 0 Å². The first-order chi connectivity index (χ1) is 15.2. The summed E-state index contributed by atoms with van der Waals surface area (Å²) in [5.74, 6) is -0.0247. The second-order valence-corrected chi connectivity index (χ2v) is 10.3. The smallest absolute Gasteiger partial charge is 0.341 e. The highest BCUT2D eigenvalue weighted by atomic mass is 32.2. The third kappa shape index (κ3) is 3.97. The van der Waals surface area contributed by atoms with Crippen molar-refractivity contribution in [2.75, 3.05) is 38.1 Å². The Morgan fingerprint density at radius 1 is 1.16 bits per heavy atom. The number of ether oxygens (including phenoxy) is 1. The lowest BCUT2D eigenvalue weighted by Crippen LogP contribution is -2.51. The maximum absolute atomic E-state index is 12.9. The quantitative estimate of drug-likeness (QED) is 0.683. The van der Waals surface area contributed by atoms with Gasteiger partial charge in [-0.2, -0.15) is 8.42 Å². The first-order valence-corrected chi connectivity index (χ1v) is 12.5. The van der Waals surface area contributed by atoms with Crippen molar-refractivity contribution in [3.8, 4) is 0 Å². The molecule has 4 rings (SSSR count). The van der Waals surface area contributed by atoms with Gasteiger partial charge in [0.15, 0.2) is 5.84 Å². The van der Waals surface area contributed by atoms with Crippen molar-refractivity contribution in [2.45, 2.75) is 25.7 Å². The maximum atomic E-state index is 12.9. The van der Waals surface area contributed by atoms with E-state index in [0.717, 1.165) is 10.4 Å². The van der Waals surface area contributed by atoms with Crippen LogP contribution in [0, 0.1) is 13.8 Å². The first kappa shape index (κ1) is 22.3. The number of esters is 1. The molecule has 3 heterocycles. The van der Waals surface area contributed by atoms with Crippen molar-refractivity contribution in [2.24, 2.45) is 4.40 Å². The Morgan fingerprint density at radius 2 is 1.84 bits per heavy atom. The molecule has 2 aliphatic rings. The molecule has 1 saturated heterocycles. The molecular formula is C21H24N4O5S2. The van der Waals surface area contributed by atoms with E-state index in [1.54, 1.807) is 36.1 Å². The summed E-state index contributed by atoms with van der Waals surface area (Å²) in [6, 6.07) is 6.45. The molecule has 9 nitrogen and oxygen atoms in total. The molecule has 2 aliphatic heterocycles. The Bertz CT molecular complexity index is 1210. The summed E-state index contributed by atoms with van der Waals surface area (Å²) in [5, 5.41) is 3.33. The highest BCUT2D eigenvalue weighted by Crippen LogP contribution is 2.33. The Labute approximate surface area is 190 Å². The lowest BCUT2D eigenvalue weighted by Gasteiger charge is -2.35. The molecule has 2 aromatic rings. The number of rotatable bonds is 3. The van der Waals surface area contributed by atoms with Crippen molar-refractivity contribution in [3.63, 3.8) is 0 Å². The molecule has 0 aliphatic carbocycles. The molecule has 32 heavy (non-hydrogen) atoms. The molecule has 0 spiro atoms. The normalized spacial score (nSPS) is 17.0. The van der Waals surface area contributed by atoms with Crippen LogP contribution in [0.15, 0.2) is 33.6 Å². The largest absolute Gasteiger partial charge is 0.462 e. The van der Waals surface area contributed by atoms with E-state index in [1.807, 2.05) is 18.7 Å². The maximum Gasteiger partial charge on any atom is 0.341 e. The van der Waals surface area contributed by atoms with E-state index in [-0.39, 0.29) is 17.5 Å². The zero-order chi connectivity index (χ0) is 23.0. The molecular weight excluding hydrogens is 452 g/mol. The van der Waals surface area contributed by atoms with Crippen LogP contribution in [0.25, 0.3) is 0 Å². The van der Waals surface area contributed by atoms with Gasteiger partial charge in [-0.1, -0.05) is 12.1 Å². The number of benzene rings is 1. The Balaban J connectivity index is 1.45. The van der Waals surface area contributed by atoms with E-state index in [1.165, 1.54) is 11.3 Å². The van der Waals surface area contributed by atoms with Gasteiger partial charge < -0.3 is 14.5 Å². The van der Waals surface area contributed by atoms with Gasteiger partial charge in [0.2, 0.25) is 0 Å². The molecule has 0 unspecified atom stereocenters. The SMILES string of the molecule is CCOC(=O)c1c(NC(=O)N2CCN(C3=NS(=O)(=O)c4ccccc43)CC2)sc(C)c1C. The number of carbonyl (C=O) groups is 2. The first-order valence-electron chi connectivity index (χ1n) is 10.2. The van der Waals surface area contributed by atoms with Gasteiger partial charge in [-0.25, -0.2) is 9.59 Å². The van der Waals surface area contributed by atoms with E-state index < -0.39 is 16.0 Å². The van der Waals surface area contributed by atoms with E-state index in [2.05, 4.69) is 9.71 Å². The fourth-order valence-corrected chi connectivity index (χ4v) is 6.04. The predicted octanol–water partition coefficient (Wildman–Crippen LogP) is 2.84. The van der Waals surface area contributed by atoms with E-state index in [9.17, 15) is 18.0 Å². The Kier molecular flexibility index (Phi) is 5.95. The number of urea groups is 1. The van der Waals surface area contributed by atoms with E-state index in [0.29, 0.717) is 48.1 Å². The third-order valence-electron chi connectivity index (χ3n) is 5.56. The van der Waals surface area contributed by atoms with Crippen LogP contribution in [0.3, 0.4) is 0 Å². The van der Waals surface area contributed by atoms with Crippen LogP contribution < -0.4 is 5.32 Å². The zero-order valence-electron chi connectivity index (χ0n) is 18.0. The van der Waals surface area contributed by atoms with Crippen LogP contribution >= 0.6 is 11.3 Å². The molecule has 0 bridgehead atoms. The minimum absolute atomic E-state index is 0.213. The molecule has 11 heteroatoms. The number of nitrogens with zero attached hydrogens (tertiary/aromatic N) is 3. The summed E-state index contributed by atoms with van der Waals surface area (Å²) in [7, 11) is -3.68. The van der Waals surface area contributed by atoms with Gasteiger partial charge in [-0.3, -0.25) is 5.32 Å². The molecule has 170 valence electrons. The number of hydrogen-bond acceptors (Lipinski definition) is 7. The molecule has 1 aromatic heterocycles. The minimum atomic E-state index is -3.68. The molecule has 1 fully saturated rings. The fraction of sp³-hybridized carbons (Fsp3) is 0.381.